The lowest BCUT2D eigenvalue weighted by atomic mass is 10.2. The van der Waals surface area contributed by atoms with Crippen molar-refractivity contribution >= 4 is 23.4 Å². The van der Waals surface area contributed by atoms with Crippen LogP contribution in [0.25, 0.3) is 0 Å². The molecule has 0 aromatic heterocycles. The molecule has 6 heteroatoms. The van der Waals surface area contributed by atoms with Crippen LogP contribution in [0.3, 0.4) is 0 Å². The number of nitrogens with one attached hydrogen (secondary N) is 1. The summed E-state index contributed by atoms with van der Waals surface area (Å²) in [4.78, 5) is 25.1. The van der Waals surface area contributed by atoms with Crippen LogP contribution in [0.4, 0.5) is 0 Å². The fourth-order valence-electron chi connectivity index (χ4n) is 1.97. The molecule has 2 rings (SSSR count). The Labute approximate surface area is 116 Å². The number of likely N-dealkylation sites (tertiary alicyclic amines) is 1. The first-order chi connectivity index (χ1) is 9.06. The molecule has 1 saturated heterocycles. The monoisotopic (exact) mass is 282 g/mol. The number of rotatable bonds is 3. The molecule has 2 amide bonds. The van der Waals surface area contributed by atoms with Gasteiger partial charge in [-0.1, -0.05) is 17.7 Å². The summed E-state index contributed by atoms with van der Waals surface area (Å²) < 4.78 is 0. The van der Waals surface area contributed by atoms with Crippen molar-refractivity contribution in [1.82, 2.24) is 10.2 Å². The van der Waals surface area contributed by atoms with Gasteiger partial charge in [0.05, 0.1) is 12.6 Å². The van der Waals surface area contributed by atoms with Crippen LogP contribution in [0.15, 0.2) is 24.3 Å². The van der Waals surface area contributed by atoms with Gasteiger partial charge in [-0.25, -0.2) is 0 Å². The number of carbonyl (C=O) groups is 2. The van der Waals surface area contributed by atoms with E-state index < -0.39 is 6.10 Å². The molecule has 1 heterocycles. The number of benzene rings is 1. The fraction of sp³-hybridized carbons (Fsp3) is 0.385. The van der Waals surface area contributed by atoms with E-state index in [2.05, 4.69) is 5.32 Å². The fourth-order valence-corrected chi connectivity index (χ4v) is 2.16. The number of hydrogen-bond acceptors (Lipinski definition) is 3. The molecule has 0 bridgehead atoms. The topological polar surface area (TPSA) is 69.6 Å². The average molecular weight is 283 g/mol. The van der Waals surface area contributed by atoms with Crippen LogP contribution in [-0.2, 0) is 4.79 Å². The lowest BCUT2D eigenvalue weighted by molar-refractivity contribution is -0.129. The summed E-state index contributed by atoms with van der Waals surface area (Å²) in [6.45, 7) is 0.803. The summed E-state index contributed by atoms with van der Waals surface area (Å²) in [7, 11) is 0. The van der Waals surface area contributed by atoms with E-state index in [-0.39, 0.29) is 18.4 Å². The second-order valence-corrected chi connectivity index (χ2v) is 4.91. The molecular formula is C13H15ClN2O3. The zero-order valence-corrected chi connectivity index (χ0v) is 11.1. The molecule has 2 N–H and O–H groups in total. The van der Waals surface area contributed by atoms with Crippen LogP contribution < -0.4 is 5.32 Å². The van der Waals surface area contributed by atoms with Crippen molar-refractivity contribution in [1.29, 1.82) is 0 Å². The first-order valence-corrected chi connectivity index (χ1v) is 6.43. The minimum absolute atomic E-state index is 0.0714. The van der Waals surface area contributed by atoms with Crippen molar-refractivity contribution in [2.24, 2.45) is 0 Å². The van der Waals surface area contributed by atoms with Crippen LogP contribution in [0, 0.1) is 0 Å². The summed E-state index contributed by atoms with van der Waals surface area (Å²) in [5, 5.41) is 12.4. The van der Waals surface area contributed by atoms with Crippen molar-refractivity contribution in [2.45, 2.75) is 12.5 Å². The molecule has 0 saturated carbocycles. The average Bonchev–Trinajstić information content (AvgIpc) is 2.82. The van der Waals surface area contributed by atoms with Crippen molar-refractivity contribution in [3.63, 3.8) is 0 Å². The van der Waals surface area contributed by atoms with E-state index in [0.29, 0.717) is 30.1 Å². The van der Waals surface area contributed by atoms with E-state index in [4.69, 9.17) is 11.6 Å². The highest BCUT2D eigenvalue weighted by Gasteiger charge is 2.24. The molecule has 102 valence electrons. The Morgan fingerprint density at radius 1 is 1.47 bits per heavy atom. The van der Waals surface area contributed by atoms with E-state index in [1.165, 1.54) is 0 Å². The minimum atomic E-state index is -0.451. The maximum Gasteiger partial charge on any atom is 0.251 e. The van der Waals surface area contributed by atoms with E-state index in [1.54, 1.807) is 29.2 Å². The Kier molecular flexibility index (Phi) is 4.39. The lowest BCUT2D eigenvalue weighted by Gasteiger charge is -2.15. The Morgan fingerprint density at radius 3 is 2.89 bits per heavy atom. The molecule has 0 radical (unpaired) electrons. The van der Waals surface area contributed by atoms with Gasteiger partial charge in [-0.3, -0.25) is 9.59 Å². The summed E-state index contributed by atoms with van der Waals surface area (Å²) in [6.07, 6.45) is 0.140. The third kappa shape index (κ3) is 3.68. The van der Waals surface area contributed by atoms with Crippen molar-refractivity contribution in [3.8, 4) is 0 Å². The summed E-state index contributed by atoms with van der Waals surface area (Å²) in [5.74, 6) is -0.525. The highest BCUT2D eigenvalue weighted by atomic mass is 35.5. The molecule has 1 aromatic carbocycles. The molecule has 1 aromatic rings. The zero-order chi connectivity index (χ0) is 13.8. The highest BCUT2D eigenvalue weighted by Crippen LogP contribution is 2.11. The first-order valence-electron chi connectivity index (χ1n) is 6.06. The van der Waals surface area contributed by atoms with Gasteiger partial charge in [0.2, 0.25) is 5.91 Å². The summed E-state index contributed by atoms with van der Waals surface area (Å²) in [5.41, 5.74) is 0.418. The molecule has 1 aliphatic heterocycles. The van der Waals surface area contributed by atoms with Gasteiger partial charge in [0.25, 0.3) is 5.91 Å². The van der Waals surface area contributed by atoms with Crippen molar-refractivity contribution < 1.29 is 14.7 Å². The van der Waals surface area contributed by atoms with Gasteiger partial charge in [0.1, 0.15) is 0 Å². The predicted octanol–water partition coefficient (Wildman–Crippen LogP) is 0.663. The summed E-state index contributed by atoms with van der Waals surface area (Å²) >= 11 is 5.79. The Bertz CT molecular complexity index is 493. The molecule has 1 fully saturated rings. The molecular weight excluding hydrogens is 268 g/mol. The number of nitrogens with zero attached hydrogens (tertiary/aromatic N) is 1. The predicted molar refractivity (Wildman–Crippen MR) is 71.0 cm³/mol. The number of amides is 2. The van der Waals surface area contributed by atoms with Crippen LogP contribution >= 0.6 is 11.6 Å². The Morgan fingerprint density at radius 2 is 2.26 bits per heavy atom. The van der Waals surface area contributed by atoms with Crippen molar-refractivity contribution in [3.05, 3.63) is 34.9 Å². The smallest absolute Gasteiger partial charge is 0.251 e. The number of aliphatic hydroxyl groups excluding tert-OH is 1. The number of aliphatic hydroxyl groups is 1. The van der Waals surface area contributed by atoms with Gasteiger partial charge in [0.15, 0.2) is 0 Å². The molecule has 0 unspecified atom stereocenters. The zero-order valence-electron chi connectivity index (χ0n) is 10.3. The molecule has 0 spiro atoms. The van der Waals surface area contributed by atoms with Crippen LogP contribution in [0.2, 0.25) is 5.02 Å². The number of β-amino-alcohol motifs (C(OH)–C–C–N with tert-alkyl or cyclic N) is 1. The first kappa shape index (κ1) is 13.8. The third-order valence-electron chi connectivity index (χ3n) is 3.00. The maximum absolute atomic E-state index is 11.8. The second kappa shape index (κ2) is 6.04. The standard InChI is InChI=1S/C13H15ClN2O3/c14-10-3-1-2-9(6-10)13(19)15-7-12(18)16-5-4-11(17)8-16/h1-3,6,11,17H,4-5,7-8H2,(H,15,19)/t11-/m1/s1. The van der Waals surface area contributed by atoms with Gasteiger partial charge in [-0.2, -0.15) is 0 Å². The van der Waals surface area contributed by atoms with Crippen LogP contribution in [0.5, 0.6) is 0 Å². The van der Waals surface area contributed by atoms with Crippen LogP contribution in [-0.4, -0.2) is 47.6 Å². The van der Waals surface area contributed by atoms with E-state index in [1.807, 2.05) is 0 Å². The molecule has 5 nitrogen and oxygen atoms in total. The normalized spacial score (nSPS) is 18.4. The highest BCUT2D eigenvalue weighted by molar-refractivity contribution is 6.30. The molecule has 1 atom stereocenters. The Hall–Kier alpha value is -1.59. The maximum atomic E-state index is 11.8. The third-order valence-corrected chi connectivity index (χ3v) is 3.24. The number of carbonyl (C=O) groups excluding carboxylic acids is 2. The number of hydrogen-bond donors (Lipinski definition) is 2. The van der Waals surface area contributed by atoms with Gasteiger partial charge < -0.3 is 15.3 Å². The molecule has 19 heavy (non-hydrogen) atoms. The lowest BCUT2D eigenvalue weighted by Crippen LogP contribution is -2.39. The van der Waals surface area contributed by atoms with Gasteiger partial charge in [-0.05, 0) is 24.6 Å². The quantitative estimate of drug-likeness (QED) is 0.856. The van der Waals surface area contributed by atoms with Crippen molar-refractivity contribution in [2.75, 3.05) is 19.6 Å². The SMILES string of the molecule is O=C(NCC(=O)N1CC[C@@H](O)C1)c1cccc(Cl)c1. The van der Waals surface area contributed by atoms with E-state index >= 15 is 0 Å². The second-order valence-electron chi connectivity index (χ2n) is 4.48. The Balaban J connectivity index is 1.85. The molecule has 0 aliphatic carbocycles. The van der Waals surface area contributed by atoms with Crippen LogP contribution in [0.1, 0.15) is 16.8 Å². The van der Waals surface area contributed by atoms with Gasteiger partial charge in [-0.15, -0.1) is 0 Å². The van der Waals surface area contributed by atoms with Gasteiger partial charge >= 0.3 is 0 Å². The van der Waals surface area contributed by atoms with E-state index in [9.17, 15) is 14.7 Å². The largest absolute Gasteiger partial charge is 0.391 e. The van der Waals surface area contributed by atoms with Gasteiger partial charge in [0, 0.05) is 23.7 Å². The summed E-state index contributed by atoms with van der Waals surface area (Å²) in [6, 6.07) is 6.53. The minimum Gasteiger partial charge on any atom is -0.391 e. The molecule has 1 aliphatic rings. The number of halogens is 1. The van der Waals surface area contributed by atoms with E-state index in [0.717, 1.165) is 0 Å².